The monoisotopic (exact) mass is 418 g/mol. The van der Waals surface area contributed by atoms with Gasteiger partial charge in [0.1, 0.15) is 0 Å². The summed E-state index contributed by atoms with van der Waals surface area (Å²) in [5, 5.41) is 12.0. The Balaban J connectivity index is 1.62. The van der Waals surface area contributed by atoms with E-state index in [-0.39, 0.29) is 11.9 Å². The van der Waals surface area contributed by atoms with E-state index in [2.05, 4.69) is 20.6 Å². The van der Waals surface area contributed by atoms with Gasteiger partial charge in [-0.15, -0.1) is 0 Å². The molecule has 4 aromatic rings. The zero-order chi connectivity index (χ0) is 22.0. The number of carbonyl (C=O) groups is 1. The number of hydrogen-bond acceptors (Lipinski definition) is 6. The minimum atomic E-state index is -0.146. The molecule has 3 aromatic heterocycles. The van der Waals surface area contributed by atoms with Crippen LogP contribution in [0.1, 0.15) is 53.9 Å². The molecule has 0 saturated carbocycles. The number of rotatable bonds is 7. The second kappa shape index (κ2) is 8.67. The van der Waals surface area contributed by atoms with Crippen molar-refractivity contribution in [2.75, 3.05) is 6.54 Å². The molecule has 31 heavy (non-hydrogen) atoms. The third-order valence-corrected chi connectivity index (χ3v) is 5.14. The quantitative estimate of drug-likeness (QED) is 0.455. The van der Waals surface area contributed by atoms with Gasteiger partial charge in [-0.05, 0) is 45.7 Å². The average Bonchev–Trinajstić information content (AvgIpc) is 3.36. The lowest BCUT2D eigenvalue weighted by Crippen LogP contribution is -2.25. The third kappa shape index (κ3) is 4.33. The van der Waals surface area contributed by atoms with Crippen molar-refractivity contribution in [3.05, 3.63) is 59.4 Å². The molecule has 0 unspecified atom stereocenters. The van der Waals surface area contributed by atoms with Gasteiger partial charge in [0, 0.05) is 24.6 Å². The van der Waals surface area contributed by atoms with Crippen LogP contribution in [0.4, 0.5) is 0 Å². The fourth-order valence-electron chi connectivity index (χ4n) is 3.56. The Morgan fingerprint density at radius 1 is 1.19 bits per heavy atom. The van der Waals surface area contributed by atoms with Gasteiger partial charge in [0.15, 0.2) is 11.5 Å². The van der Waals surface area contributed by atoms with Crippen molar-refractivity contribution in [1.82, 2.24) is 30.2 Å². The highest BCUT2D eigenvalue weighted by Crippen LogP contribution is 2.28. The van der Waals surface area contributed by atoms with Gasteiger partial charge < -0.3 is 9.84 Å². The second-order valence-electron chi connectivity index (χ2n) is 7.88. The highest BCUT2D eigenvalue weighted by Gasteiger charge is 2.19. The molecule has 4 rings (SSSR count). The number of aryl methyl sites for hydroxylation is 3. The number of pyridine rings is 1. The van der Waals surface area contributed by atoms with Crippen molar-refractivity contribution < 1.29 is 9.32 Å². The Labute approximate surface area is 180 Å². The summed E-state index contributed by atoms with van der Waals surface area (Å²) in [4.78, 5) is 22.1. The molecule has 1 amide bonds. The van der Waals surface area contributed by atoms with Crippen molar-refractivity contribution in [3.8, 4) is 11.3 Å². The van der Waals surface area contributed by atoms with Crippen molar-refractivity contribution in [2.45, 2.75) is 46.6 Å². The molecule has 0 bridgehead atoms. The van der Waals surface area contributed by atoms with Crippen molar-refractivity contribution in [3.63, 3.8) is 0 Å². The average molecular weight is 419 g/mol. The number of aromatic nitrogens is 5. The van der Waals surface area contributed by atoms with E-state index >= 15 is 0 Å². The van der Waals surface area contributed by atoms with Gasteiger partial charge in [-0.2, -0.15) is 10.1 Å². The van der Waals surface area contributed by atoms with E-state index in [1.165, 1.54) is 0 Å². The largest absolute Gasteiger partial charge is 0.352 e. The molecule has 0 atom stereocenters. The summed E-state index contributed by atoms with van der Waals surface area (Å²) in [5.41, 5.74) is 4.15. The molecule has 0 fully saturated rings. The smallest absolute Gasteiger partial charge is 0.252 e. The first-order valence-corrected chi connectivity index (χ1v) is 10.5. The van der Waals surface area contributed by atoms with Gasteiger partial charge in [0.2, 0.25) is 5.89 Å². The predicted octanol–water partition coefficient (Wildman–Crippen LogP) is 4.04. The SMILES string of the molecule is Cc1noc(CCCNC(=O)c2cc(-c3ccccc3C)nc3c2cnn3C(C)C)n1. The number of hydrogen-bond donors (Lipinski definition) is 1. The normalized spacial score (nSPS) is 11.4. The molecule has 0 aliphatic rings. The molecule has 0 aliphatic carbocycles. The highest BCUT2D eigenvalue weighted by atomic mass is 16.5. The molecular weight excluding hydrogens is 392 g/mol. The van der Waals surface area contributed by atoms with Gasteiger partial charge >= 0.3 is 0 Å². The van der Waals surface area contributed by atoms with Crippen molar-refractivity contribution >= 4 is 16.9 Å². The first-order valence-electron chi connectivity index (χ1n) is 10.5. The Hall–Kier alpha value is -3.55. The van der Waals surface area contributed by atoms with E-state index in [1.54, 1.807) is 13.1 Å². The number of carbonyl (C=O) groups excluding carboxylic acids is 1. The van der Waals surface area contributed by atoms with Crippen LogP contribution in [0.15, 0.2) is 41.1 Å². The fraction of sp³-hybridized carbons (Fsp3) is 0.348. The van der Waals surface area contributed by atoms with E-state index in [0.717, 1.165) is 22.2 Å². The van der Waals surface area contributed by atoms with Crippen LogP contribution in [0.25, 0.3) is 22.3 Å². The minimum absolute atomic E-state index is 0.130. The Kier molecular flexibility index (Phi) is 5.79. The predicted molar refractivity (Wildman–Crippen MR) is 118 cm³/mol. The van der Waals surface area contributed by atoms with E-state index in [4.69, 9.17) is 9.51 Å². The number of nitrogens with one attached hydrogen (secondary N) is 1. The molecule has 8 heteroatoms. The summed E-state index contributed by atoms with van der Waals surface area (Å²) in [5.74, 6) is 1.05. The first-order chi connectivity index (χ1) is 14.9. The second-order valence-corrected chi connectivity index (χ2v) is 7.88. The van der Waals surface area contributed by atoms with Crippen LogP contribution in [-0.2, 0) is 6.42 Å². The number of amides is 1. The molecule has 3 heterocycles. The maximum absolute atomic E-state index is 13.1. The van der Waals surface area contributed by atoms with Gasteiger partial charge in [0.25, 0.3) is 5.91 Å². The lowest BCUT2D eigenvalue weighted by molar-refractivity contribution is 0.0954. The molecule has 0 spiro atoms. The van der Waals surface area contributed by atoms with Crippen LogP contribution in [0.5, 0.6) is 0 Å². The maximum atomic E-state index is 13.1. The Morgan fingerprint density at radius 2 is 2.00 bits per heavy atom. The lowest BCUT2D eigenvalue weighted by Gasteiger charge is -2.12. The summed E-state index contributed by atoms with van der Waals surface area (Å²) < 4.78 is 6.97. The molecule has 8 nitrogen and oxygen atoms in total. The van der Waals surface area contributed by atoms with Crippen LogP contribution >= 0.6 is 0 Å². The standard InChI is InChI=1S/C23H26N6O2/c1-14(2)29-22-19(13-25-29)18(12-20(27-22)17-9-6-5-8-15(17)3)23(30)24-11-7-10-21-26-16(4)28-31-21/h5-6,8-9,12-14H,7,10-11H2,1-4H3,(H,24,30). The molecule has 1 N–H and O–H groups in total. The first kappa shape index (κ1) is 20.7. The van der Waals surface area contributed by atoms with E-state index in [9.17, 15) is 4.79 Å². The summed E-state index contributed by atoms with van der Waals surface area (Å²) >= 11 is 0. The van der Waals surface area contributed by atoms with Crippen molar-refractivity contribution in [2.24, 2.45) is 0 Å². The third-order valence-electron chi connectivity index (χ3n) is 5.14. The zero-order valence-corrected chi connectivity index (χ0v) is 18.2. The fourth-order valence-corrected chi connectivity index (χ4v) is 3.56. The number of nitrogens with zero attached hydrogens (tertiary/aromatic N) is 5. The van der Waals surface area contributed by atoms with Gasteiger partial charge in [-0.3, -0.25) is 4.79 Å². The van der Waals surface area contributed by atoms with Gasteiger partial charge in [-0.1, -0.05) is 29.4 Å². The Bertz CT molecular complexity index is 1220. The van der Waals surface area contributed by atoms with Crippen LogP contribution in [0.3, 0.4) is 0 Å². The number of fused-ring (bicyclic) bond motifs is 1. The topological polar surface area (TPSA) is 98.7 Å². The Morgan fingerprint density at radius 3 is 2.71 bits per heavy atom. The van der Waals surface area contributed by atoms with Crippen LogP contribution in [-0.4, -0.2) is 37.4 Å². The zero-order valence-electron chi connectivity index (χ0n) is 18.2. The molecule has 0 aliphatic heterocycles. The molecule has 0 saturated heterocycles. The summed E-state index contributed by atoms with van der Waals surface area (Å²) in [6.45, 7) is 8.43. The van der Waals surface area contributed by atoms with E-state index in [1.807, 2.05) is 55.8 Å². The van der Waals surface area contributed by atoms with Crippen molar-refractivity contribution in [1.29, 1.82) is 0 Å². The maximum Gasteiger partial charge on any atom is 0.252 e. The van der Waals surface area contributed by atoms with Gasteiger partial charge in [-0.25, -0.2) is 9.67 Å². The lowest BCUT2D eigenvalue weighted by atomic mass is 10.0. The summed E-state index contributed by atoms with van der Waals surface area (Å²) in [6, 6.07) is 10.0. The van der Waals surface area contributed by atoms with Crippen LogP contribution in [0.2, 0.25) is 0 Å². The van der Waals surface area contributed by atoms with Crippen LogP contribution < -0.4 is 5.32 Å². The molecule has 0 radical (unpaired) electrons. The molecule has 1 aromatic carbocycles. The van der Waals surface area contributed by atoms with E-state index < -0.39 is 0 Å². The van der Waals surface area contributed by atoms with E-state index in [0.29, 0.717) is 42.3 Å². The summed E-state index contributed by atoms with van der Waals surface area (Å²) in [6.07, 6.45) is 3.05. The summed E-state index contributed by atoms with van der Waals surface area (Å²) in [7, 11) is 0. The molecular formula is C23H26N6O2. The molecule has 160 valence electrons. The number of benzene rings is 1. The van der Waals surface area contributed by atoms with Crippen LogP contribution in [0, 0.1) is 13.8 Å². The minimum Gasteiger partial charge on any atom is -0.352 e. The highest BCUT2D eigenvalue weighted by molar-refractivity contribution is 6.06. The van der Waals surface area contributed by atoms with Gasteiger partial charge in [0.05, 0.1) is 22.8 Å².